The fourth-order valence-corrected chi connectivity index (χ4v) is 3.39. The standard InChI is InChI=1S/C22H25N3O/c23-15-18-9-11-19(12-10-18)22(26)24-16-20-7-3-4-8-21(20)17-25-13-5-1-2-6-14-25/h3-4,7-12H,1-2,5-6,13-14,16-17H2,(H,24,26). The van der Waals surface area contributed by atoms with Crippen LogP contribution >= 0.6 is 0 Å². The molecule has 1 heterocycles. The van der Waals surface area contributed by atoms with Gasteiger partial charge in [-0.3, -0.25) is 9.69 Å². The lowest BCUT2D eigenvalue weighted by Crippen LogP contribution is -2.26. The van der Waals surface area contributed by atoms with E-state index in [-0.39, 0.29) is 5.91 Å². The summed E-state index contributed by atoms with van der Waals surface area (Å²) in [6.07, 6.45) is 5.22. The molecule has 26 heavy (non-hydrogen) atoms. The first-order valence-corrected chi connectivity index (χ1v) is 9.34. The average Bonchev–Trinajstić information content (AvgIpc) is 2.96. The average molecular weight is 347 g/mol. The molecule has 1 N–H and O–H groups in total. The molecule has 3 rings (SSSR count). The summed E-state index contributed by atoms with van der Waals surface area (Å²) in [7, 11) is 0. The molecule has 2 aromatic carbocycles. The van der Waals surface area contributed by atoms with Gasteiger partial charge in [-0.2, -0.15) is 5.26 Å². The minimum absolute atomic E-state index is 0.112. The summed E-state index contributed by atoms with van der Waals surface area (Å²) in [6, 6.07) is 17.1. The zero-order valence-corrected chi connectivity index (χ0v) is 15.1. The van der Waals surface area contributed by atoms with Gasteiger partial charge >= 0.3 is 0 Å². The van der Waals surface area contributed by atoms with Crippen molar-refractivity contribution in [1.82, 2.24) is 10.2 Å². The fourth-order valence-electron chi connectivity index (χ4n) is 3.39. The maximum Gasteiger partial charge on any atom is 0.251 e. The Morgan fingerprint density at radius 3 is 2.27 bits per heavy atom. The molecule has 4 heteroatoms. The zero-order chi connectivity index (χ0) is 18.2. The number of hydrogen-bond acceptors (Lipinski definition) is 3. The van der Waals surface area contributed by atoms with Gasteiger partial charge in [0.1, 0.15) is 0 Å². The third-order valence-electron chi connectivity index (χ3n) is 4.93. The molecule has 1 aliphatic heterocycles. The Balaban J connectivity index is 1.62. The van der Waals surface area contributed by atoms with Crippen molar-refractivity contribution >= 4 is 5.91 Å². The van der Waals surface area contributed by atoms with Gasteiger partial charge in [-0.1, -0.05) is 37.1 Å². The van der Waals surface area contributed by atoms with E-state index in [2.05, 4.69) is 34.5 Å². The minimum atomic E-state index is -0.112. The summed E-state index contributed by atoms with van der Waals surface area (Å²) in [5.41, 5.74) is 3.59. The second-order valence-electron chi connectivity index (χ2n) is 6.83. The summed E-state index contributed by atoms with van der Waals surface area (Å²) in [4.78, 5) is 14.9. The van der Waals surface area contributed by atoms with Crippen molar-refractivity contribution in [2.75, 3.05) is 13.1 Å². The van der Waals surface area contributed by atoms with Gasteiger partial charge in [-0.25, -0.2) is 0 Å². The van der Waals surface area contributed by atoms with Crippen LogP contribution in [0.15, 0.2) is 48.5 Å². The Labute approximate surface area is 155 Å². The molecule has 4 nitrogen and oxygen atoms in total. The number of carbonyl (C=O) groups is 1. The van der Waals surface area contributed by atoms with E-state index >= 15 is 0 Å². The largest absolute Gasteiger partial charge is 0.348 e. The summed E-state index contributed by atoms with van der Waals surface area (Å²) < 4.78 is 0. The van der Waals surface area contributed by atoms with E-state index in [4.69, 9.17) is 5.26 Å². The smallest absolute Gasteiger partial charge is 0.251 e. The van der Waals surface area contributed by atoms with Crippen molar-refractivity contribution in [1.29, 1.82) is 5.26 Å². The minimum Gasteiger partial charge on any atom is -0.348 e. The number of hydrogen-bond donors (Lipinski definition) is 1. The van der Waals surface area contributed by atoms with Crippen LogP contribution in [0.1, 0.15) is 52.7 Å². The topological polar surface area (TPSA) is 56.1 Å². The number of nitrogens with one attached hydrogen (secondary N) is 1. The molecule has 1 fully saturated rings. The van der Waals surface area contributed by atoms with Crippen molar-refractivity contribution in [3.8, 4) is 6.07 Å². The maximum atomic E-state index is 12.4. The normalized spacial score (nSPS) is 15.0. The summed E-state index contributed by atoms with van der Waals surface area (Å²) in [5, 5.41) is 11.8. The number of carbonyl (C=O) groups excluding carboxylic acids is 1. The second-order valence-corrected chi connectivity index (χ2v) is 6.83. The lowest BCUT2D eigenvalue weighted by molar-refractivity contribution is 0.0950. The highest BCUT2D eigenvalue weighted by molar-refractivity contribution is 5.94. The predicted octanol–water partition coefficient (Wildman–Crippen LogP) is 3.86. The SMILES string of the molecule is N#Cc1ccc(C(=O)NCc2ccccc2CN2CCCCCC2)cc1. The first-order valence-electron chi connectivity index (χ1n) is 9.34. The third-order valence-corrected chi connectivity index (χ3v) is 4.93. The Kier molecular flexibility index (Phi) is 6.40. The van der Waals surface area contributed by atoms with Crippen LogP contribution in [-0.4, -0.2) is 23.9 Å². The van der Waals surface area contributed by atoms with E-state index in [1.165, 1.54) is 36.8 Å². The molecule has 2 aromatic rings. The van der Waals surface area contributed by atoms with Gasteiger partial charge in [0.2, 0.25) is 0 Å². The van der Waals surface area contributed by atoms with Crippen molar-refractivity contribution in [3.63, 3.8) is 0 Å². The van der Waals surface area contributed by atoms with Crippen molar-refractivity contribution in [2.45, 2.75) is 38.8 Å². The van der Waals surface area contributed by atoms with Crippen LogP contribution < -0.4 is 5.32 Å². The molecule has 0 aliphatic carbocycles. The van der Waals surface area contributed by atoms with Crippen LogP contribution in [0, 0.1) is 11.3 Å². The van der Waals surface area contributed by atoms with Crippen LogP contribution in [0.25, 0.3) is 0 Å². The highest BCUT2D eigenvalue weighted by atomic mass is 16.1. The molecule has 0 bridgehead atoms. The predicted molar refractivity (Wildman–Crippen MR) is 103 cm³/mol. The van der Waals surface area contributed by atoms with Gasteiger partial charge in [0, 0.05) is 18.7 Å². The number of benzene rings is 2. The van der Waals surface area contributed by atoms with Gasteiger partial charge in [0.05, 0.1) is 11.6 Å². The van der Waals surface area contributed by atoms with Gasteiger partial charge in [0.25, 0.3) is 5.91 Å². The lowest BCUT2D eigenvalue weighted by Gasteiger charge is -2.21. The lowest BCUT2D eigenvalue weighted by atomic mass is 10.1. The molecular weight excluding hydrogens is 322 g/mol. The van der Waals surface area contributed by atoms with Crippen LogP contribution in [0.4, 0.5) is 0 Å². The van der Waals surface area contributed by atoms with E-state index in [1.807, 2.05) is 6.07 Å². The molecule has 0 aromatic heterocycles. The number of rotatable bonds is 5. The van der Waals surface area contributed by atoms with Crippen LogP contribution in [0.2, 0.25) is 0 Å². The number of amides is 1. The van der Waals surface area contributed by atoms with E-state index in [9.17, 15) is 4.79 Å². The van der Waals surface area contributed by atoms with E-state index in [0.29, 0.717) is 17.7 Å². The Bertz CT molecular complexity index is 769. The molecule has 134 valence electrons. The van der Waals surface area contributed by atoms with Crippen LogP contribution in [-0.2, 0) is 13.1 Å². The van der Waals surface area contributed by atoms with E-state index < -0.39 is 0 Å². The molecule has 1 saturated heterocycles. The zero-order valence-electron chi connectivity index (χ0n) is 15.1. The maximum absolute atomic E-state index is 12.4. The first kappa shape index (κ1) is 18.2. The molecule has 0 radical (unpaired) electrons. The highest BCUT2D eigenvalue weighted by Crippen LogP contribution is 2.16. The van der Waals surface area contributed by atoms with Crippen LogP contribution in [0.5, 0.6) is 0 Å². The molecule has 0 spiro atoms. The Morgan fingerprint density at radius 1 is 0.962 bits per heavy atom. The summed E-state index contributed by atoms with van der Waals surface area (Å²) >= 11 is 0. The molecule has 0 atom stereocenters. The molecular formula is C22H25N3O. The molecule has 0 unspecified atom stereocenters. The third kappa shape index (κ3) is 4.93. The van der Waals surface area contributed by atoms with Crippen LogP contribution in [0.3, 0.4) is 0 Å². The summed E-state index contributed by atoms with van der Waals surface area (Å²) in [6.45, 7) is 3.78. The van der Waals surface area contributed by atoms with Gasteiger partial charge in [-0.05, 0) is 61.3 Å². The summed E-state index contributed by atoms with van der Waals surface area (Å²) in [5.74, 6) is -0.112. The fraction of sp³-hybridized carbons (Fsp3) is 0.364. The molecule has 1 amide bonds. The van der Waals surface area contributed by atoms with Gasteiger partial charge in [-0.15, -0.1) is 0 Å². The van der Waals surface area contributed by atoms with E-state index in [1.54, 1.807) is 24.3 Å². The monoisotopic (exact) mass is 347 g/mol. The van der Waals surface area contributed by atoms with E-state index in [0.717, 1.165) is 19.6 Å². The van der Waals surface area contributed by atoms with Crippen molar-refractivity contribution in [2.24, 2.45) is 0 Å². The van der Waals surface area contributed by atoms with Gasteiger partial charge < -0.3 is 5.32 Å². The number of nitrogens with zero attached hydrogens (tertiary/aromatic N) is 2. The number of likely N-dealkylation sites (tertiary alicyclic amines) is 1. The molecule has 0 saturated carbocycles. The Hall–Kier alpha value is -2.64. The quantitative estimate of drug-likeness (QED) is 0.893. The number of nitriles is 1. The van der Waals surface area contributed by atoms with Gasteiger partial charge in [0.15, 0.2) is 0 Å². The van der Waals surface area contributed by atoms with Crippen molar-refractivity contribution in [3.05, 3.63) is 70.8 Å². The van der Waals surface area contributed by atoms with Crippen molar-refractivity contribution < 1.29 is 4.79 Å². The second kappa shape index (κ2) is 9.17. The Morgan fingerprint density at radius 2 is 1.62 bits per heavy atom. The highest BCUT2D eigenvalue weighted by Gasteiger charge is 2.12. The molecule has 1 aliphatic rings. The first-order chi connectivity index (χ1) is 12.8.